The molecule has 0 bridgehead atoms. The summed E-state index contributed by atoms with van der Waals surface area (Å²) in [6.45, 7) is 0. The second-order valence-corrected chi connectivity index (χ2v) is 5.35. The Morgan fingerprint density at radius 1 is 1.19 bits per heavy atom. The summed E-state index contributed by atoms with van der Waals surface area (Å²) in [4.78, 5) is 24.2. The molecule has 1 aliphatic heterocycles. The molecule has 0 saturated heterocycles. The number of hydrogen-bond donors (Lipinski definition) is 1. The minimum atomic E-state index is -1.02. The van der Waals surface area contributed by atoms with Crippen LogP contribution < -0.4 is 5.32 Å². The Bertz CT molecular complexity index is 610. The predicted octanol–water partition coefficient (Wildman–Crippen LogP) is 1.35. The molecule has 110 valence electrons. The molecular weight excluding hydrogens is 270 g/mol. The van der Waals surface area contributed by atoms with Crippen LogP contribution in [0.3, 0.4) is 0 Å². The number of ether oxygens (including phenoxy) is 2. The van der Waals surface area contributed by atoms with E-state index in [1.54, 1.807) is 0 Å². The maximum Gasteiger partial charge on any atom is 0.333 e. The summed E-state index contributed by atoms with van der Waals surface area (Å²) >= 11 is 0. The number of rotatable bonds is 3. The van der Waals surface area contributed by atoms with Crippen LogP contribution in [-0.4, -0.2) is 31.7 Å². The predicted molar refractivity (Wildman–Crippen MR) is 75.9 cm³/mol. The van der Waals surface area contributed by atoms with Gasteiger partial charge in [-0.25, -0.2) is 4.79 Å². The fourth-order valence-electron chi connectivity index (χ4n) is 3.29. The van der Waals surface area contributed by atoms with Crippen LogP contribution in [0.2, 0.25) is 0 Å². The molecule has 5 nitrogen and oxygen atoms in total. The first-order valence-electron chi connectivity index (χ1n) is 6.85. The normalized spacial score (nSPS) is 29.5. The van der Waals surface area contributed by atoms with Gasteiger partial charge in [0.05, 0.1) is 20.1 Å². The van der Waals surface area contributed by atoms with E-state index in [9.17, 15) is 9.59 Å². The highest BCUT2D eigenvalue weighted by molar-refractivity contribution is 5.95. The Morgan fingerprint density at radius 3 is 2.52 bits per heavy atom. The first kappa shape index (κ1) is 13.7. The van der Waals surface area contributed by atoms with Crippen molar-refractivity contribution in [3.8, 4) is 0 Å². The molecule has 0 spiro atoms. The first-order valence-corrected chi connectivity index (χ1v) is 6.85. The van der Waals surface area contributed by atoms with Gasteiger partial charge >= 0.3 is 11.9 Å². The Morgan fingerprint density at radius 2 is 1.90 bits per heavy atom. The van der Waals surface area contributed by atoms with Gasteiger partial charge in [-0.1, -0.05) is 36.4 Å². The first-order chi connectivity index (χ1) is 10.1. The van der Waals surface area contributed by atoms with Crippen molar-refractivity contribution in [2.24, 2.45) is 11.8 Å². The molecule has 2 aliphatic rings. The van der Waals surface area contributed by atoms with Crippen molar-refractivity contribution in [2.45, 2.75) is 12.0 Å². The summed E-state index contributed by atoms with van der Waals surface area (Å²) < 4.78 is 9.74. The highest BCUT2D eigenvalue weighted by Crippen LogP contribution is 2.52. The Hall–Kier alpha value is -2.30. The topological polar surface area (TPSA) is 64.6 Å². The highest BCUT2D eigenvalue weighted by atomic mass is 16.5. The van der Waals surface area contributed by atoms with Crippen LogP contribution in [0.4, 0.5) is 0 Å². The number of methoxy groups -OCH3 is 2. The highest BCUT2D eigenvalue weighted by Gasteiger charge is 2.66. The lowest BCUT2D eigenvalue weighted by atomic mass is 9.59. The Balaban J connectivity index is 1.93. The maximum absolute atomic E-state index is 12.3. The Labute approximate surface area is 122 Å². The third-order valence-electron chi connectivity index (χ3n) is 4.43. The minimum Gasteiger partial charge on any atom is -0.469 e. The van der Waals surface area contributed by atoms with Crippen molar-refractivity contribution < 1.29 is 19.1 Å². The van der Waals surface area contributed by atoms with Gasteiger partial charge in [0.25, 0.3) is 0 Å². The van der Waals surface area contributed by atoms with Gasteiger partial charge < -0.3 is 14.8 Å². The average molecular weight is 287 g/mol. The van der Waals surface area contributed by atoms with Gasteiger partial charge in [-0.15, -0.1) is 0 Å². The van der Waals surface area contributed by atoms with Crippen LogP contribution in [0.25, 0.3) is 5.70 Å². The van der Waals surface area contributed by atoms with Crippen LogP contribution in [0.1, 0.15) is 12.0 Å². The molecule has 5 heteroatoms. The van der Waals surface area contributed by atoms with Gasteiger partial charge in [0, 0.05) is 11.6 Å². The van der Waals surface area contributed by atoms with Crippen LogP contribution in [0.15, 0.2) is 36.4 Å². The number of esters is 2. The lowest BCUT2D eigenvalue weighted by Crippen LogP contribution is -2.68. The summed E-state index contributed by atoms with van der Waals surface area (Å²) in [7, 11) is 2.67. The fraction of sp³-hybridized carbons (Fsp3) is 0.375. The van der Waals surface area contributed by atoms with Crippen molar-refractivity contribution >= 4 is 17.6 Å². The molecule has 1 N–H and O–H groups in total. The molecule has 3 rings (SSSR count). The van der Waals surface area contributed by atoms with Gasteiger partial charge in [0.2, 0.25) is 0 Å². The van der Waals surface area contributed by atoms with E-state index in [1.807, 2.05) is 36.4 Å². The van der Waals surface area contributed by atoms with Crippen LogP contribution in [-0.2, 0) is 19.1 Å². The van der Waals surface area contributed by atoms with Crippen LogP contribution in [0.5, 0.6) is 0 Å². The van der Waals surface area contributed by atoms with Crippen LogP contribution >= 0.6 is 0 Å². The largest absolute Gasteiger partial charge is 0.469 e. The molecule has 1 unspecified atom stereocenters. The van der Waals surface area contributed by atoms with Gasteiger partial charge in [-0.2, -0.15) is 0 Å². The Kier molecular flexibility index (Phi) is 3.20. The molecule has 1 aromatic carbocycles. The lowest BCUT2D eigenvalue weighted by molar-refractivity contribution is -0.172. The van der Waals surface area contributed by atoms with Crippen molar-refractivity contribution in [1.29, 1.82) is 0 Å². The number of nitrogens with one attached hydrogen (secondary N) is 1. The molecule has 0 aromatic heterocycles. The summed E-state index contributed by atoms with van der Waals surface area (Å²) in [6, 6.07) is 9.71. The molecule has 0 amide bonds. The van der Waals surface area contributed by atoms with Gasteiger partial charge in [0.1, 0.15) is 0 Å². The summed E-state index contributed by atoms with van der Waals surface area (Å²) in [6.07, 6.45) is 2.59. The van der Waals surface area contributed by atoms with E-state index in [-0.39, 0.29) is 11.9 Å². The summed E-state index contributed by atoms with van der Waals surface area (Å²) in [5, 5.41) is 3.22. The molecule has 1 saturated carbocycles. The van der Waals surface area contributed by atoms with Crippen LogP contribution in [0, 0.1) is 11.8 Å². The molecule has 1 fully saturated rings. The molecule has 1 aromatic rings. The van der Waals surface area contributed by atoms with E-state index in [1.165, 1.54) is 14.2 Å². The van der Waals surface area contributed by atoms with E-state index in [4.69, 9.17) is 9.47 Å². The smallest absolute Gasteiger partial charge is 0.333 e. The molecule has 1 heterocycles. The zero-order chi connectivity index (χ0) is 15.0. The lowest BCUT2D eigenvalue weighted by Gasteiger charge is -2.47. The molecule has 1 aliphatic carbocycles. The minimum absolute atomic E-state index is 0.0516. The van der Waals surface area contributed by atoms with Crippen molar-refractivity contribution in [3.63, 3.8) is 0 Å². The van der Waals surface area contributed by atoms with Crippen molar-refractivity contribution in [3.05, 3.63) is 42.0 Å². The number of carbonyl (C=O) groups excluding carboxylic acids is 2. The molecular formula is C16H17NO4. The zero-order valence-electron chi connectivity index (χ0n) is 12.0. The van der Waals surface area contributed by atoms with E-state index >= 15 is 0 Å². The quantitative estimate of drug-likeness (QED) is 0.850. The SMILES string of the molecule is COC(=O)[C@H]1CC2C=C(c3ccccc3)N[C@@]21C(=O)OC. The summed E-state index contributed by atoms with van der Waals surface area (Å²) in [5.74, 6) is -1.37. The maximum atomic E-state index is 12.3. The second kappa shape index (κ2) is 4.91. The average Bonchev–Trinajstić information content (AvgIpc) is 2.81. The number of carbonyl (C=O) groups is 2. The van der Waals surface area contributed by atoms with Crippen molar-refractivity contribution in [2.75, 3.05) is 14.2 Å². The second-order valence-electron chi connectivity index (χ2n) is 5.35. The van der Waals surface area contributed by atoms with Gasteiger partial charge in [-0.05, 0) is 12.0 Å². The van der Waals surface area contributed by atoms with E-state index < -0.39 is 17.4 Å². The number of benzene rings is 1. The third kappa shape index (κ3) is 1.84. The monoisotopic (exact) mass is 287 g/mol. The fourth-order valence-corrected chi connectivity index (χ4v) is 3.29. The van der Waals surface area contributed by atoms with E-state index in [2.05, 4.69) is 5.32 Å². The number of fused-ring (bicyclic) bond motifs is 1. The third-order valence-corrected chi connectivity index (χ3v) is 4.43. The van der Waals surface area contributed by atoms with E-state index in [0.29, 0.717) is 6.42 Å². The van der Waals surface area contributed by atoms with Crippen molar-refractivity contribution in [1.82, 2.24) is 5.32 Å². The summed E-state index contributed by atoms with van der Waals surface area (Å²) in [5.41, 5.74) is 0.823. The standard InChI is InChI=1S/C16H17NO4/c1-20-14(18)12-8-11-9-13(10-6-4-3-5-7-10)17-16(11,12)15(19)21-2/h3-7,9,11-12,17H,8H2,1-2H3/t11?,12-,16+/m1/s1. The van der Waals surface area contributed by atoms with Gasteiger partial charge in [0.15, 0.2) is 5.54 Å². The molecule has 3 atom stereocenters. The molecule has 0 radical (unpaired) electrons. The zero-order valence-corrected chi connectivity index (χ0v) is 12.0. The van der Waals surface area contributed by atoms with Gasteiger partial charge in [-0.3, -0.25) is 4.79 Å². The molecule has 21 heavy (non-hydrogen) atoms. The number of hydrogen-bond acceptors (Lipinski definition) is 5. The van der Waals surface area contributed by atoms with E-state index in [0.717, 1.165) is 11.3 Å².